The molecule has 0 aliphatic rings. The van der Waals surface area contributed by atoms with Gasteiger partial charge in [0.2, 0.25) is 0 Å². The van der Waals surface area contributed by atoms with Crippen LogP contribution in [0.3, 0.4) is 0 Å². The number of benzene rings is 1. The first-order valence-electron chi connectivity index (χ1n) is 5.15. The van der Waals surface area contributed by atoms with Crippen molar-refractivity contribution in [1.82, 2.24) is 0 Å². The molecule has 18 heavy (non-hydrogen) atoms. The fourth-order valence-electron chi connectivity index (χ4n) is 1.49. The van der Waals surface area contributed by atoms with Crippen molar-refractivity contribution < 1.29 is 9.34 Å². The Morgan fingerprint density at radius 1 is 1.44 bits per heavy atom. The van der Waals surface area contributed by atoms with E-state index in [1.54, 1.807) is 18.4 Å². The maximum absolute atomic E-state index is 10.6. The van der Waals surface area contributed by atoms with Crippen molar-refractivity contribution in [3.05, 3.63) is 58.0 Å². The number of hydrogen-bond acceptors (Lipinski definition) is 5. The largest absolute Gasteiger partial charge is 0.467 e. The van der Waals surface area contributed by atoms with Crippen LogP contribution in [0.5, 0.6) is 0 Å². The number of nitro benzene ring substituents is 1. The molecule has 0 bridgehead atoms. The number of nitro groups is 1. The van der Waals surface area contributed by atoms with Gasteiger partial charge in [-0.1, -0.05) is 0 Å². The summed E-state index contributed by atoms with van der Waals surface area (Å²) in [6.45, 7) is 0.416. The lowest BCUT2D eigenvalue weighted by atomic mass is 10.1. The Hall–Kier alpha value is -2.81. The average Bonchev–Trinajstić information content (AvgIpc) is 2.89. The van der Waals surface area contributed by atoms with Crippen molar-refractivity contribution in [2.24, 2.45) is 0 Å². The molecular weight excluding hydrogens is 234 g/mol. The topological polar surface area (TPSA) is 92.1 Å². The summed E-state index contributed by atoms with van der Waals surface area (Å²) in [6, 6.07) is 9.59. The predicted octanol–water partition coefficient (Wildman–Crippen LogP) is 2.67. The minimum Gasteiger partial charge on any atom is -0.467 e. The third kappa shape index (κ3) is 2.47. The van der Waals surface area contributed by atoms with Gasteiger partial charge in [-0.3, -0.25) is 10.1 Å². The van der Waals surface area contributed by atoms with E-state index >= 15 is 0 Å². The first-order valence-corrected chi connectivity index (χ1v) is 5.15. The fourth-order valence-corrected chi connectivity index (χ4v) is 1.49. The third-order valence-corrected chi connectivity index (χ3v) is 2.37. The van der Waals surface area contributed by atoms with Crippen LogP contribution in [0.2, 0.25) is 0 Å². The summed E-state index contributed by atoms with van der Waals surface area (Å²) in [5.74, 6) is 0.720. The molecule has 1 heterocycles. The summed E-state index contributed by atoms with van der Waals surface area (Å²) in [5, 5.41) is 22.5. The Bertz CT molecular complexity index is 600. The molecule has 1 aromatic carbocycles. The summed E-state index contributed by atoms with van der Waals surface area (Å²) in [5.41, 5.74) is 0.672. The van der Waals surface area contributed by atoms with Crippen LogP contribution < -0.4 is 5.32 Å². The van der Waals surface area contributed by atoms with Gasteiger partial charge in [-0.25, -0.2) is 0 Å². The monoisotopic (exact) mass is 243 g/mol. The second-order valence-electron chi connectivity index (χ2n) is 3.53. The maximum atomic E-state index is 10.6. The molecule has 6 nitrogen and oxygen atoms in total. The zero-order chi connectivity index (χ0) is 13.0. The summed E-state index contributed by atoms with van der Waals surface area (Å²) >= 11 is 0. The number of nitriles is 1. The van der Waals surface area contributed by atoms with Crippen LogP contribution in [0.25, 0.3) is 0 Å². The number of nitrogens with zero attached hydrogens (tertiary/aromatic N) is 2. The zero-order valence-corrected chi connectivity index (χ0v) is 9.29. The van der Waals surface area contributed by atoms with E-state index in [0.717, 1.165) is 5.76 Å². The van der Waals surface area contributed by atoms with Crippen molar-refractivity contribution >= 4 is 11.4 Å². The summed E-state index contributed by atoms with van der Waals surface area (Å²) < 4.78 is 5.14. The summed E-state index contributed by atoms with van der Waals surface area (Å²) in [7, 11) is 0. The Kier molecular flexibility index (Phi) is 3.25. The molecule has 1 aromatic heterocycles. The zero-order valence-electron chi connectivity index (χ0n) is 9.29. The molecule has 0 amide bonds. The van der Waals surface area contributed by atoms with E-state index in [2.05, 4.69) is 5.32 Å². The molecule has 0 fully saturated rings. The number of anilines is 1. The van der Waals surface area contributed by atoms with Crippen molar-refractivity contribution in [2.45, 2.75) is 6.54 Å². The average molecular weight is 243 g/mol. The fraction of sp³-hybridized carbons (Fsp3) is 0.0833. The summed E-state index contributed by atoms with van der Waals surface area (Å²) in [4.78, 5) is 10.1. The van der Waals surface area contributed by atoms with Gasteiger partial charge in [0.25, 0.3) is 5.69 Å². The minimum absolute atomic E-state index is 0.102. The Morgan fingerprint density at radius 3 is 2.89 bits per heavy atom. The van der Waals surface area contributed by atoms with Gasteiger partial charge in [-0.2, -0.15) is 5.26 Å². The SMILES string of the molecule is N#Cc1cc([N+](=O)[O-])ccc1NCc1ccco1. The lowest BCUT2D eigenvalue weighted by Crippen LogP contribution is -2.01. The molecule has 1 N–H and O–H groups in total. The van der Waals surface area contributed by atoms with Gasteiger partial charge in [0.15, 0.2) is 0 Å². The number of furan rings is 1. The standard InChI is InChI=1S/C12H9N3O3/c13-7-9-6-10(15(16)17)3-4-12(9)14-8-11-2-1-5-18-11/h1-6,14H,8H2. The van der Waals surface area contributed by atoms with E-state index in [1.165, 1.54) is 18.2 Å². The van der Waals surface area contributed by atoms with Gasteiger partial charge in [0.1, 0.15) is 11.8 Å². The van der Waals surface area contributed by atoms with Crippen molar-refractivity contribution in [3.63, 3.8) is 0 Å². The molecular formula is C12H9N3O3. The lowest BCUT2D eigenvalue weighted by molar-refractivity contribution is -0.384. The van der Waals surface area contributed by atoms with Crippen LogP contribution in [0, 0.1) is 21.4 Å². The Morgan fingerprint density at radius 2 is 2.28 bits per heavy atom. The molecule has 0 aliphatic heterocycles. The van der Waals surface area contributed by atoms with Crippen LogP contribution >= 0.6 is 0 Å². The van der Waals surface area contributed by atoms with Gasteiger partial charge < -0.3 is 9.73 Å². The molecule has 0 saturated carbocycles. The highest BCUT2D eigenvalue weighted by Gasteiger charge is 2.10. The van der Waals surface area contributed by atoms with Crippen LogP contribution in [0.1, 0.15) is 11.3 Å². The van der Waals surface area contributed by atoms with Crippen molar-refractivity contribution in [2.75, 3.05) is 5.32 Å². The summed E-state index contributed by atoms with van der Waals surface area (Å²) in [6.07, 6.45) is 1.55. The second-order valence-corrected chi connectivity index (χ2v) is 3.53. The molecule has 2 rings (SSSR count). The van der Waals surface area contributed by atoms with Crippen molar-refractivity contribution in [1.29, 1.82) is 5.26 Å². The lowest BCUT2D eigenvalue weighted by Gasteiger charge is -2.06. The van der Waals surface area contributed by atoms with Gasteiger partial charge >= 0.3 is 0 Å². The molecule has 0 saturated heterocycles. The van der Waals surface area contributed by atoms with Gasteiger partial charge in [-0.05, 0) is 18.2 Å². The quantitative estimate of drug-likeness (QED) is 0.658. The van der Waals surface area contributed by atoms with E-state index < -0.39 is 4.92 Å². The number of hydrogen-bond donors (Lipinski definition) is 1. The number of nitrogens with one attached hydrogen (secondary N) is 1. The van der Waals surface area contributed by atoms with Gasteiger partial charge in [0.05, 0.1) is 29.0 Å². The van der Waals surface area contributed by atoms with Gasteiger partial charge in [-0.15, -0.1) is 0 Å². The van der Waals surface area contributed by atoms with E-state index in [1.807, 2.05) is 6.07 Å². The first kappa shape index (κ1) is 11.7. The third-order valence-electron chi connectivity index (χ3n) is 2.37. The van der Waals surface area contributed by atoms with Crippen LogP contribution in [0.4, 0.5) is 11.4 Å². The predicted molar refractivity (Wildman–Crippen MR) is 63.8 cm³/mol. The number of rotatable bonds is 4. The van der Waals surface area contributed by atoms with E-state index in [-0.39, 0.29) is 11.3 Å². The van der Waals surface area contributed by atoms with Crippen LogP contribution in [-0.2, 0) is 6.54 Å². The molecule has 0 spiro atoms. The Labute approximate surface area is 103 Å². The molecule has 0 aliphatic carbocycles. The smallest absolute Gasteiger partial charge is 0.270 e. The van der Waals surface area contributed by atoms with E-state index in [4.69, 9.17) is 9.68 Å². The highest BCUT2D eigenvalue weighted by atomic mass is 16.6. The Balaban J connectivity index is 2.18. The molecule has 0 unspecified atom stereocenters. The molecule has 0 atom stereocenters. The van der Waals surface area contributed by atoms with Crippen LogP contribution in [-0.4, -0.2) is 4.92 Å². The van der Waals surface area contributed by atoms with E-state index in [9.17, 15) is 10.1 Å². The van der Waals surface area contributed by atoms with E-state index in [0.29, 0.717) is 12.2 Å². The molecule has 6 heteroatoms. The molecule has 90 valence electrons. The van der Waals surface area contributed by atoms with Crippen LogP contribution in [0.15, 0.2) is 41.0 Å². The maximum Gasteiger partial charge on any atom is 0.270 e. The molecule has 2 aromatic rings. The highest BCUT2D eigenvalue weighted by Crippen LogP contribution is 2.21. The molecule has 0 radical (unpaired) electrons. The normalized spacial score (nSPS) is 9.72. The highest BCUT2D eigenvalue weighted by molar-refractivity contribution is 5.61. The van der Waals surface area contributed by atoms with Gasteiger partial charge in [0, 0.05) is 12.1 Å². The number of non-ortho nitro benzene ring substituents is 1. The second kappa shape index (κ2) is 5.01. The van der Waals surface area contributed by atoms with Crippen molar-refractivity contribution in [3.8, 4) is 6.07 Å². The first-order chi connectivity index (χ1) is 8.70. The minimum atomic E-state index is -0.531.